The molecule has 0 aromatic heterocycles. The molecule has 2 amide bonds. The molecule has 8 nitrogen and oxygen atoms in total. The predicted octanol–water partition coefficient (Wildman–Crippen LogP) is 2.31. The van der Waals surface area contributed by atoms with E-state index < -0.39 is 0 Å². The van der Waals surface area contributed by atoms with E-state index in [9.17, 15) is 4.79 Å². The summed E-state index contributed by atoms with van der Waals surface area (Å²) < 4.78 is 26.6. The zero-order chi connectivity index (χ0) is 19.1. The fourth-order valence-corrected chi connectivity index (χ4v) is 2.49. The minimum Gasteiger partial charge on any atom is -0.496 e. The number of methoxy groups -OCH3 is 2. The molecule has 1 aliphatic heterocycles. The molecule has 0 saturated carbocycles. The van der Waals surface area contributed by atoms with Gasteiger partial charge in [-0.1, -0.05) is 6.07 Å². The Bertz CT molecular complexity index is 774. The van der Waals surface area contributed by atoms with Crippen LogP contribution in [0.5, 0.6) is 28.7 Å². The Labute approximate surface area is 157 Å². The molecule has 27 heavy (non-hydrogen) atoms. The van der Waals surface area contributed by atoms with E-state index >= 15 is 0 Å². The Morgan fingerprint density at radius 3 is 2.41 bits per heavy atom. The lowest BCUT2D eigenvalue weighted by Gasteiger charge is -2.11. The molecule has 8 heteroatoms. The zero-order valence-electron chi connectivity index (χ0n) is 15.2. The minimum absolute atomic E-state index is 0.228. The van der Waals surface area contributed by atoms with E-state index in [-0.39, 0.29) is 12.8 Å². The lowest BCUT2D eigenvalue weighted by molar-refractivity contribution is 0.174. The maximum absolute atomic E-state index is 11.9. The van der Waals surface area contributed by atoms with Crippen molar-refractivity contribution < 1.29 is 28.5 Å². The average Bonchev–Trinajstić information content (AvgIpc) is 3.17. The maximum atomic E-state index is 11.9. The number of nitrogens with one attached hydrogen (secondary N) is 2. The summed E-state index contributed by atoms with van der Waals surface area (Å²) in [5.41, 5.74) is 0.925. The molecule has 144 valence electrons. The largest absolute Gasteiger partial charge is 0.496 e. The monoisotopic (exact) mass is 374 g/mol. The molecule has 1 heterocycles. The summed E-state index contributed by atoms with van der Waals surface area (Å²) in [7, 11) is 3.15. The van der Waals surface area contributed by atoms with Crippen LogP contribution in [0.15, 0.2) is 36.4 Å². The van der Waals surface area contributed by atoms with E-state index in [1.807, 2.05) is 18.2 Å². The number of fused-ring (bicyclic) bond motifs is 1. The van der Waals surface area contributed by atoms with Crippen LogP contribution in [0.4, 0.5) is 4.79 Å². The summed E-state index contributed by atoms with van der Waals surface area (Å²) in [4.78, 5) is 11.9. The first kappa shape index (κ1) is 18.5. The van der Waals surface area contributed by atoms with Crippen molar-refractivity contribution in [3.05, 3.63) is 42.0 Å². The van der Waals surface area contributed by atoms with Gasteiger partial charge in [-0.3, -0.25) is 0 Å². The Balaban J connectivity index is 1.38. The zero-order valence-corrected chi connectivity index (χ0v) is 15.2. The van der Waals surface area contributed by atoms with Gasteiger partial charge in [0.1, 0.15) is 23.9 Å². The van der Waals surface area contributed by atoms with Crippen molar-refractivity contribution in [2.75, 3.05) is 34.2 Å². The van der Waals surface area contributed by atoms with Gasteiger partial charge in [0.2, 0.25) is 6.79 Å². The number of hydrogen-bond donors (Lipinski definition) is 2. The second kappa shape index (κ2) is 8.88. The standard InChI is InChI=1S/C19H22N2O6/c1-23-14-8-15(24-2)10-16(9-14)25-6-5-20-19(22)21-11-13-3-4-17-18(7-13)27-12-26-17/h3-4,7-10H,5-6,11-12H2,1-2H3,(H2,20,21,22). The molecule has 3 rings (SSSR count). The SMILES string of the molecule is COc1cc(OC)cc(OCCNC(=O)NCc2ccc3c(c2)OCO3)c1. The highest BCUT2D eigenvalue weighted by molar-refractivity contribution is 5.73. The Hall–Kier alpha value is -3.29. The minimum atomic E-state index is -0.278. The number of carbonyl (C=O) groups excluding carboxylic acids is 1. The smallest absolute Gasteiger partial charge is 0.315 e. The number of hydrogen-bond acceptors (Lipinski definition) is 6. The first-order valence-electron chi connectivity index (χ1n) is 8.44. The van der Waals surface area contributed by atoms with Crippen molar-refractivity contribution in [2.24, 2.45) is 0 Å². The molecule has 0 fully saturated rings. The van der Waals surface area contributed by atoms with Crippen LogP contribution in [-0.2, 0) is 6.54 Å². The molecular formula is C19H22N2O6. The molecule has 2 N–H and O–H groups in total. The summed E-state index contributed by atoms with van der Waals surface area (Å²) in [6.45, 7) is 1.28. The summed E-state index contributed by atoms with van der Waals surface area (Å²) >= 11 is 0. The number of carbonyl (C=O) groups is 1. The molecule has 0 saturated heterocycles. The van der Waals surface area contributed by atoms with Gasteiger partial charge in [-0.2, -0.15) is 0 Å². The molecule has 0 bridgehead atoms. The third kappa shape index (κ3) is 5.10. The third-order valence-corrected chi connectivity index (χ3v) is 3.87. The highest BCUT2D eigenvalue weighted by Crippen LogP contribution is 2.32. The lowest BCUT2D eigenvalue weighted by atomic mass is 10.2. The van der Waals surface area contributed by atoms with Gasteiger partial charge in [0.05, 0.1) is 20.8 Å². The van der Waals surface area contributed by atoms with Crippen LogP contribution in [0, 0.1) is 0 Å². The fourth-order valence-electron chi connectivity index (χ4n) is 2.49. The van der Waals surface area contributed by atoms with Crippen molar-refractivity contribution in [2.45, 2.75) is 6.54 Å². The summed E-state index contributed by atoms with van der Waals surface area (Å²) in [5.74, 6) is 3.29. The van der Waals surface area contributed by atoms with Crippen molar-refractivity contribution in [1.29, 1.82) is 0 Å². The molecule has 1 aliphatic rings. The van der Waals surface area contributed by atoms with Gasteiger partial charge >= 0.3 is 6.03 Å². The van der Waals surface area contributed by atoms with Crippen LogP contribution in [0.2, 0.25) is 0 Å². The van der Waals surface area contributed by atoms with Crippen LogP contribution < -0.4 is 34.3 Å². The number of rotatable bonds is 8. The van der Waals surface area contributed by atoms with E-state index in [1.165, 1.54) is 0 Å². The maximum Gasteiger partial charge on any atom is 0.315 e. The van der Waals surface area contributed by atoms with Gasteiger partial charge in [-0.15, -0.1) is 0 Å². The Morgan fingerprint density at radius 1 is 0.963 bits per heavy atom. The number of urea groups is 1. The third-order valence-electron chi connectivity index (χ3n) is 3.87. The van der Waals surface area contributed by atoms with E-state index in [2.05, 4.69) is 10.6 Å². The van der Waals surface area contributed by atoms with Crippen LogP contribution in [0.3, 0.4) is 0 Å². The van der Waals surface area contributed by atoms with Gasteiger partial charge in [0.15, 0.2) is 11.5 Å². The van der Waals surface area contributed by atoms with Crippen LogP contribution in [-0.4, -0.2) is 40.2 Å². The van der Waals surface area contributed by atoms with Crippen molar-refractivity contribution in [3.8, 4) is 28.7 Å². The first-order chi connectivity index (χ1) is 13.2. The molecule has 0 unspecified atom stereocenters. The molecular weight excluding hydrogens is 352 g/mol. The van der Waals surface area contributed by atoms with E-state index in [0.29, 0.717) is 42.7 Å². The number of benzene rings is 2. The van der Waals surface area contributed by atoms with Gasteiger partial charge in [0, 0.05) is 24.7 Å². The highest BCUT2D eigenvalue weighted by atomic mass is 16.7. The fraction of sp³-hybridized carbons (Fsp3) is 0.316. The Morgan fingerprint density at radius 2 is 1.67 bits per heavy atom. The number of ether oxygens (including phenoxy) is 5. The van der Waals surface area contributed by atoms with Crippen LogP contribution >= 0.6 is 0 Å². The van der Waals surface area contributed by atoms with Crippen molar-refractivity contribution >= 4 is 6.03 Å². The number of amides is 2. The molecule has 0 aliphatic carbocycles. The Kier molecular flexibility index (Phi) is 6.09. The van der Waals surface area contributed by atoms with Gasteiger partial charge < -0.3 is 34.3 Å². The quantitative estimate of drug-likeness (QED) is 0.690. The summed E-state index contributed by atoms with van der Waals surface area (Å²) in [6.07, 6.45) is 0. The molecule has 2 aromatic carbocycles. The first-order valence-corrected chi connectivity index (χ1v) is 8.44. The van der Waals surface area contributed by atoms with Gasteiger partial charge in [-0.05, 0) is 17.7 Å². The molecule has 2 aromatic rings. The highest BCUT2D eigenvalue weighted by Gasteiger charge is 2.13. The van der Waals surface area contributed by atoms with Crippen molar-refractivity contribution in [1.82, 2.24) is 10.6 Å². The van der Waals surface area contributed by atoms with E-state index in [1.54, 1.807) is 32.4 Å². The molecule has 0 spiro atoms. The van der Waals surface area contributed by atoms with Crippen LogP contribution in [0.25, 0.3) is 0 Å². The summed E-state index contributed by atoms with van der Waals surface area (Å²) in [6, 6.07) is 10.5. The van der Waals surface area contributed by atoms with Crippen LogP contribution in [0.1, 0.15) is 5.56 Å². The van der Waals surface area contributed by atoms with E-state index in [4.69, 9.17) is 23.7 Å². The topological polar surface area (TPSA) is 87.3 Å². The van der Waals surface area contributed by atoms with Crippen molar-refractivity contribution in [3.63, 3.8) is 0 Å². The normalized spacial score (nSPS) is 11.6. The predicted molar refractivity (Wildman–Crippen MR) is 97.8 cm³/mol. The van der Waals surface area contributed by atoms with Gasteiger partial charge in [0.25, 0.3) is 0 Å². The second-order valence-corrected chi connectivity index (χ2v) is 5.69. The molecule has 0 atom stereocenters. The van der Waals surface area contributed by atoms with E-state index in [0.717, 1.165) is 11.3 Å². The second-order valence-electron chi connectivity index (χ2n) is 5.69. The summed E-state index contributed by atoms with van der Waals surface area (Å²) in [5, 5.41) is 5.52. The lowest BCUT2D eigenvalue weighted by Crippen LogP contribution is -2.37. The average molecular weight is 374 g/mol. The van der Waals surface area contributed by atoms with Gasteiger partial charge in [-0.25, -0.2) is 4.79 Å². The molecule has 0 radical (unpaired) electrons.